The molecular formula is C16H13ClN2O. The molecule has 1 aromatic heterocycles. The summed E-state index contributed by atoms with van der Waals surface area (Å²) in [6.07, 6.45) is 0.658. The van der Waals surface area contributed by atoms with Gasteiger partial charge in [-0.05, 0) is 24.3 Å². The van der Waals surface area contributed by atoms with E-state index in [0.29, 0.717) is 28.2 Å². The van der Waals surface area contributed by atoms with Gasteiger partial charge in [0.1, 0.15) is 5.82 Å². The molecule has 3 aromatic rings. The van der Waals surface area contributed by atoms with Crippen LogP contribution in [0.1, 0.15) is 12.7 Å². The Bertz CT molecular complexity index is 825. The molecule has 0 amide bonds. The van der Waals surface area contributed by atoms with E-state index in [-0.39, 0.29) is 5.56 Å². The average Bonchev–Trinajstić information content (AvgIpc) is 2.49. The molecule has 100 valence electrons. The van der Waals surface area contributed by atoms with Gasteiger partial charge in [0.05, 0.1) is 21.6 Å². The standard InChI is InChI=1S/C16H13ClN2O/c1-2-14-18-15-12(9-6-10-13(15)17)16(20)19(14)11-7-4-3-5-8-11/h3-10H,2H2,1H3. The van der Waals surface area contributed by atoms with Crippen molar-refractivity contribution in [1.82, 2.24) is 9.55 Å². The molecule has 0 N–H and O–H groups in total. The molecule has 0 unspecified atom stereocenters. The van der Waals surface area contributed by atoms with E-state index in [4.69, 9.17) is 11.6 Å². The predicted molar refractivity (Wildman–Crippen MR) is 81.7 cm³/mol. The van der Waals surface area contributed by atoms with Crippen molar-refractivity contribution in [2.45, 2.75) is 13.3 Å². The first-order valence-corrected chi connectivity index (χ1v) is 6.85. The maximum absolute atomic E-state index is 12.7. The first-order chi connectivity index (χ1) is 9.72. The Hall–Kier alpha value is -2.13. The molecule has 0 aliphatic heterocycles. The fourth-order valence-corrected chi connectivity index (χ4v) is 2.52. The first kappa shape index (κ1) is 12.9. The molecule has 0 aliphatic rings. The van der Waals surface area contributed by atoms with E-state index in [1.54, 1.807) is 22.8 Å². The van der Waals surface area contributed by atoms with Gasteiger partial charge in [-0.25, -0.2) is 4.98 Å². The zero-order valence-electron chi connectivity index (χ0n) is 11.0. The Morgan fingerprint density at radius 1 is 1.10 bits per heavy atom. The van der Waals surface area contributed by atoms with E-state index in [1.165, 1.54) is 0 Å². The molecule has 0 bridgehead atoms. The number of para-hydroxylation sites is 2. The number of rotatable bonds is 2. The van der Waals surface area contributed by atoms with E-state index >= 15 is 0 Å². The second kappa shape index (κ2) is 5.10. The summed E-state index contributed by atoms with van der Waals surface area (Å²) in [7, 11) is 0. The van der Waals surface area contributed by atoms with Crippen molar-refractivity contribution >= 4 is 22.5 Å². The van der Waals surface area contributed by atoms with Crippen LogP contribution in [0.5, 0.6) is 0 Å². The summed E-state index contributed by atoms with van der Waals surface area (Å²) in [6.45, 7) is 1.98. The fraction of sp³-hybridized carbons (Fsp3) is 0.125. The molecule has 0 spiro atoms. The van der Waals surface area contributed by atoms with Crippen molar-refractivity contribution in [3.05, 3.63) is 69.7 Å². The third-order valence-corrected chi connectivity index (χ3v) is 3.55. The second-order valence-electron chi connectivity index (χ2n) is 4.49. The monoisotopic (exact) mass is 284 g/mol. The van der Waals surface area contributed by atoms with Gasteiger partial charge >= 0.3 is 0 Å². The third-order valence-electron chi connectivity index (χ3n) is 3.25. The van der Waals surface area contributed by atoms with Gasteiger partial charge in [-0.1, -0.05) is 42.8 Å². The van der Waals surface area contributed by atoms with Crippen LogP contribution in [-0.4, -0.2) is 9.55 Å². The molecular weight excluding hydrogens is 272 g/mol. The molecule has 2 aromatic carbocycles. The molecule has 4 heteroatoms. The van der Waals surface area contributed by atoms with Crippen LogP contribution in [0.4, 0.5) is 0 Å². The van der Waals surface area contributed by atoms with Crippen LogP contribution in [0.25, 0.3) is 16.6 Å². The van der Waals surface area contributed by atoms with Crippen LogP contribution in [0.15, 0.2) is 53.3 Å². The second-order valence-corrected chi connectivity index (χ2v) is 4.90. The fourth-order valence-electron chi connectivity index (χ4n) is 2.30. The van der Waals surface area contributed by atoms with Gasteiger partial charge < -0.3 is 0 Å². The number of hydrogen-bond acceptors (Lipinski definition) is 2. The summed E-state index contributed by atoms with van der Waals surface area (Å²) in [4.78, 5) is 17.3. The van der Waals surface area contributed by atoms with E-state index in [9.17, 15) is 4.79 Å². The van der Waals surface area contributed by atoms with Crippen LogP contribution in [-0.2, 0) is 6.42 Å². The van der Waals surface area contributed by atoms with Crippen LogP contribution in [0.2, 0.25) is 5.02 Å². The minimum Gasteiger partial charge on any atom is -0.268 e. The number of nitrogens with zero attached hydrogens (tertiary/aromatic N) is 2. The van der Waals surface area contributed by atoms with Gasteiger partial charge in [0.25, 0.3) is 5.56 Å². The van der Waals surface area contributed by atoms with Crippen LogP contribution < -0.4 is 5.56 Å². The lowest BCUT2D eigenvalue weighted by atomic mass is 10.2. The van der Waals surface area contributed by atoms with E-state index in [0.717, 1.165) is 5.69 Å². The van der Waals surface area contributed by atoms with Crippen molar-refractivity contribution in [2.75, 3.05) is 0 Å². The lowest BCUT2D eigenvalue weighted by molar-refractivity contribution is 0.833. The summed E-state index contributed by atoms with van der Waals surface area (Å²) in [5, 5.41) is 1.05. The lowest BCUT2D eigenvalue weighted by Gasteiger charge is -2.12. The Kier molecular flexibility index (Phi) is 3.28. The zero-order valence-corrected chi connectivity index (χ0v) is 11.8. The zero-order chi connectivity index (χ0) is 14.1. The highest BCUT2D eigenvalue weighted by molar-refractivity contribution is 6.34. The highest BCUT2D eigenvalue weighted by Gasteiger charge is 2.12. The number of fused-ring (bicyclic) bond motifs is 1. The maximum atomic E-state index is 12.7. The average molecular weight is 285 g/mol. The van der Waals surface area contributed by atoms with Gasteiger partial charge in [-0.3, -0.25) is 9.36 Å². The van der Waals surface area contributed by atoms with Crippen molar-refractivity contribution in [2.24, 2.45) is 0 Å². The topological polar surface area (TPSA) is 34.9 Å². The molecule has 3 nitrogen and oxygen atoms in total. The van der Waals surface area contributed by atoms with Gasteiger partial charge in [-0.2, -0.15) is 0 Å². The molecule has 3 rings (SSSR count). The number of halogens is 1. The minimum atomic E-state index is -0.0828. The molecule has 0 radical (unpaired) electrons. The minimum absolute atomic E-state index is 0.0828. The quantitative estimate of drug-likeness (QED) is 0.721. The molecule has 0 aliphatic carbocycles. The van der Waals surface area contributed by atoms with Crippen molar-refractivity contribution in [3.8, 4) is 5.69 Å². The van der Waals surface area contributed by atoms with Crippen molar-refractivity contribution in [1.29, 1.82) is 0 Å². The highest BCUT2D eigenvalue weighted by Crippen LogP contribution is 2.20. The van der Waals surface area contributed by atoms with E-state index < -0.39 is 0 Å². The Morgan fingerprint density at radius 3 is 2.55 bits per heavy atom. The molecule has 20 heavy (non-hydrogen) atoms. The number of benzene rings is 2. The van der Waals surface area contributed by atoms with Gasteiger partial charge in [0.15, 0.2) is 0 Å². The van der Waals surface area contributed by atoms with Crippen LogP contribution >= 0.6 is 11.6 Å². The SMILES string of the molecule is CCc1nc2c(Cl)cccc2c(=O)n1-c1ccccc1. The lowest BCUT2D eigenvalue weighted by Crippen LogP contribution is -2.23. The maximum Gasteiger partial charge on any atom is 0.266 e. The van der Waals surface area contributed by atoms with Crippen LogP contribution in [0.3, 0.4) is 0 Å². The van der Waals surface area contributed by atoms with Gasteiger partial charge in [0.2, 0.25) is 0 Å². The third kappa shape index (κ3) is 2.00. The summed E-state index contributed by atoms with van der Waals surface area (Å²) >= 11 is 6.15. The van der Waals surface area contributed by atoms with E-state index in [2.05, 4.69) is 4.98 Å². The number of aromatic nitrogens is 2. The Labute approximate surface area is 121 Å². The normalized spacial score (nSPS) is 10.9. The summed E-state index contributed by atoms with van der Waals surface area (Å²) in [6, 6.07) is 14.8. The van der Waals surface area contributed by atoms with Gasteiger partial charge in [0, 0.05) is 6.42 Å². The molecule has 0 fully saturated rings. The molecule has 0 saturated heterocycles. The smallest absolute Gasteiger partial charge is 0.266 e. The number of hydrogen-bond donors (Lipinski definition) is 0. The summed E-state index contributed by atoms with van der Waals surface area (Å²) in [5.41, 5.74) is 1.31. The van der Waals surface area contributed by atoms with Crippen molar-refractivity contribution < 1.29 is 0 Å². The van der Waals surface area contributed by atoms with Gasteiger partial charge in [-0.15, -0.1) is 0 Å². The summed E-state index contributed by atoms with van der Waals surface area (Å²) in [5.74, 6) is 0.710. The predicted octanol–water partition coefficient (Wildman–Crippen LogP) is 3.60. The highest BCUT2D eigenvalue weighted by atomic mass is 35.5. The largest absolute Gasteiger partial charge is 0.268 e. The summed E-state index contributed by atoms with van der Waals surface area (Å²) < 4.78 is 1.65. The Balaban J connectivity index is 2.44. The molecule has 1 heterocycles. The van der Waals surface area contributed by atoms with E-state index in [1.807, 2.05) is 37.3 Å². The molecule has 0 atom stereocenters. The number of aryl methyl sites for hydroxylation is 1. The first-order valence-electron chi connectivity index (χ1n) is 6.48. The molecule has 0 saturated carbocycles. The Morgan fingerprint density at radius 2 is 1.85 bits per heavy atom. The van der Waals surface area contributed by atoms with Crippen molar-refractivity contribution in [3.63, 3.8) is 0 Å². The van der Waals surface area contributed by atoms with Crippen LogP contribution in [0, 0.1) is 0 Å².